The molecule has 0 saturated heterocycles. The molecule has 384 valence electrons. The summed E-state index contributed by atoms with van der Waals surface area (Å²) in [5, 5.41) is 18.9. The molecule has 0 amide bonds. The number of halogens is 2. The fourth-order valence-electron chi connectivity index (χ4n) is 6.01. The summed E-state index contributed by atoms with van der Waals surface area (Å²) in [6.45, 7) is 0. The monoisotopic (exact) mass is 1300 g/mol. The van der Waals surface area contributed by atoms with Crippen molar-refractivity contribution < 1.29 is 260 Å². The van der Waals surface area contributed by atoms with E-state index in [0.29, 0.717) is 48.5 Å². The third-order valence-corrected chi connectivity index (χ3v) is 14.3. The average Bonchev–Trinajstić information content (AvgIpc) is 3.23. The fourth-order valence-corrected chi connectivity index (χ4v) is 9.78. The number of aromatic amines is 4. The summed E-state index contributed by atoms with van der Waals surface area (Å²) in [6.07, 6.45) is 0. The number of nitrogens with zero attached hydrogens (tertiary/aromatic N) is 8. The minimum atomic E-state index is -5.61. The van der Waals surface area contributed by atoms with E-state index in [1.807, 2.05) is 0 Å². The van der Waals surface area contributed by atoms with Crippen LogP contribution in [-0.4, -0.2) is 108 Å². The van der Waals surface area contributed by atoms with E-state index in [2.05, 4.69) is 60.1 Å². The van der Waals surface area contributed by atoms with Gasteiger partial charge < -0.3 is 37.8 Å². The zero-order valence-corrected chi connectivity index (χ0v) is 59.0. The molecule has 0 fully saturated rings. The number of nitrogens with one attached hydrogen (secondary N) is 4. The van der Waals surface area contributed by atoms with Crippen molar-refractivity contribution in [1.82, 2.24) is 29.9 Å². The second-order valence-corrected chi connectivity index (χ2v) is 22.9. The van der Waals surface area contributed by atoms with Gasteiger partial charge in [-0.05, 0) is 101 Å². The van der Waals surface area contributed by atoms with Crippen molar-refractivity contribution in [3.8, 4) is 5.75 Å². The number of rotatable bonds is 12. The van der Waals surface area contributed by atoms with Crippen molar-refractivity contribution in [3.63, 3.8) is 0 Å². The minimum absolute atomic E-state index is 0. The minimum Gasteiger partial charge on any atom is -0.870 e. The summed E-state index contributed by atoms with van der Waals surface area (Å²) < 4.78 is 214. The van der Waals surface area contributed by atoms with Crippen LogP contribution < -0.4 is 205 Å². The Morgan fingerprint density at radius 2 is 0.924 bits per heavy atom. The number of aromatic nitrogens is 6. The number of fused-ring (bicyclic) bond motifs is 1. The Morgan fingerprint density at radius 3 is 1.41 bits per heavy atom. The molecular formula is C34H18Cl2N12Na6O19S6. The van der Waals surface area contributed by atoms with Crippen LogP contribution in [0.25, 0.3) is 10.8 Å². The van der Waals surface area contributed by atoms with Crippen LogP contribution in [-0.2, 0) is 60.7 Å². The van der Waals surface area contributed by atoms with Crippen molar-refractivity contribution in [2.45, 2.75) is 29.4 Å². The zero-order valence-electron chi connectivity index (χ0n) is 40.6. The molecule has 31 nitrogen and oxygen atoms in total. The van der Waals surface area contributed by atoms with Gasteiger partial charge in [-0.2, -0.15) is 18.4 Å². The number of azo groups is 1. The van der Waals surface area contributed by atoms with Gasteiger partial charge in [-0.1, -0.05) is 11.8 Å². The molecule has 79 heavy (non-hydrogen) atoms. The van der Waals surface area contributed by atoms with Gasteiger partial charge in [0, 0.05) is 5.39 Å². The molecule has 2 heterocycles. The molecule has 0 aliphatic rings. The molecule has 0 aliphatic carbocycles. The van der Waals surface area contributed by atoms with Crippen molar-refractivity contribution in [3.05, 3.63) is 112 Å². The summed E-state index contributed by atoms with van der Waals surface area (Å²) in [6, 6.07) is 9.37. The zero-order chi connectivity index (χ0) is 53.8. The summed E-state index contributed by atoms with van der Waals surface area (Å²) >= 11 is 12.1. The average molecular weight is 1300 g/mol. The standard InChI is InChI=1S/C34H24Cl2N12O19S6.6Na/c35-29-41-32(45-33(43-29)39-17-9-20(70(56,57)58)12-21(10-17)71(59,60)61)38-16-4-5-24(72(62,63)64)22(11-16)47-48-27-25(73(65,66)67)7-14-6-19(69(53,54)55)13-23(26(14)28(27)49)40-34-44-30(36)42-31(46-34)37-15-2-1-3-18(8-15)68(50,51)52;;;;;;/h1-13,49H,(H,50,51,52)(H,53,54,55)(H,56,57,58)(H,59,60,61)(H,62,63,64)(H,65,66,67)(H2,37,40,42,44,46)(H2,38,39,41,43,45);;;;;;/q;6*+1/p-6. The van der Waals surface area contributed by atoms with Gasteiger partial charge in [-0.15, -0.1) is 10.2 Å². The first-order valence-corrected chi connectivity index (χ1v) is 27.7. The van der Waals surface area contributed by atoms with Crippen LogP contribution in [0.4, 0.5) is 34.1 Å². The molecule has 7 aromatic rings. The first kappa shape index (κ1) is 76.0. The quantitative estimate of drug-likeness (QED) is 0.0431. The molecule has 45 heteroatoms. The molecule has 2 aromatic heterocycles. The van der Waals surface area contributed by atoms with Gasteiger partial charge in [0.1, 0.15) is 61.2 Å². The Labute approximate surface area is 586 Å². The molecule has 5 aromatic carbocycles. The van der Waals surface area contributed by atoms with E-state index >= 15 is 0 Å². The van der Waals surface area contributed by atoms with E-state index in [1.54, 1.807) is 0 Å². The van der Waals surface area contributed by atoms with Crippen LogP contribution in [0.1, 0.15) is 0 Å². The largest absolute Gasteiger partial charge is 1.00 e. The van der Waals surface area contributed by atoms with Crippen LogP contribution in [0.5, 0.6) is 5.75 Å². The fraction of sp³-hybridized carbons (Fsp3) is 0. The number of benzene rings is 5. The van der Waals surface area contributed by atoms with Gasteiger partial charge in [0.05, 0.1) is 52.9 Å². The molecule has 0 radical (unpaired) electrons. The molecule has 0 aliphatic heterocycles. The maximum absolute atomic E-state index is 14.3. The van der Waals surface area contributed by atoms with E-state index in [4.69, 9.17) is 23.2 Å². The van der Waals surface area contributed by atoms with E-state index in [0.717, 1.165) is 24.3 Å². The first-order valence-electron chi connectivity index (χ1n) is 18.4. The summed E-state index contributed by atoms with van der Waals surface area (Å²) in [5.74, 6) is -1.57. The van der Waals surface area contributed by atoms with Crippen molar-refractivity contribution in [1.29, 1.82) is 0 Å². The van der Waals surface area contributed by atoms with Gasteiger partial charge >= 0.3 is 177 Å². The van der Waals surface area contributed by atoms with Gasteiger partial charge in [0.2, 0.25) is 33.0 Å². The molecule has 0 spiro atoms. The third-order valence-electron chi connectivity index (χ3n) is 8.92. The Morgan fingerprint density at radius 1 is 0.456 bits per heavy atom. The summed E-state index contributed by atoms with van der Waals surface area (Å²) in [7, 11) is -32.3. The second-order valence-electron chi connectivity index (χ2n) is 13.9. The topological polar surface area (TPSA) is 527 Å². The molecule has 0 saturated carbocycles. The molecule has 0 unspecified atom stereocenters. The van der Waals surface area contributed by atoms with Gasteiger partial charge in [-0.3, -0.25) is 14.5 Å². The predicted molar refractivity (Wildman–Crippen MR) is 233 cm³/mol. The normalized spacial score (nSPS) is 13.1. The van der Waals surface area contributed by atoms with E-state index in [1.165, 1.54) is 6.07 Å². The molecule has 0 bridgehead atoms. The van der Waals surface area contributed by atoms with E-state index in [-0.39, 0.29) is 183 Å². The third kappa shape index (κ3) is 20.1. The molecule has 0 atom stereocenters. The van der Waals surface area contributed by atoms with Crippen LogP contribution in [0, 0.1) is 0 Å². The molecule has 7 rings (SSSR count). The number of hydrogen-bond donors (Lipinski definition) is 5. The Hall–Kier alpha value is -0.980. The molecular weight excluding hydrogens is 1280 g/mol. The van der Waals surface area contributed by atoms with Crippen molar-refractivity contribution in [2.24, 2.45) is 30.2 Å². The maximum Gasteiger partial charge on any atom is 1.00 e. The van der Waals surface area contributed by atoms with Gasteiger partial charge in [0.25, 0.3) is 10.1 Å². The maximum atomic E-state index is 14.3. The number of H-pyrrole nitrogens is 4. The SMILES string of the molecule is O=S(=O)([O-])c1cccc(N=c2nc(Cl)[nH]c(=Nc3cc(S(=O)(=O)[O-])cc4cc(S(=O)(=O)O)c(N=Nc5cc(N=c6nc(Cl)[nH]c(=Nc7cc(S(=O)(=O)[O-])cc(S(=O)(=O)[O-])c7)[nH]6)ccc5S(=O)(=O)[O-])c([O-])c34)[nH]2)c1.[Na+].[Na+].[Na+].[Na+].[Na+].[Na+]. The van der Waals surface area contributed by atoms with Crippen LogP contribution >= 0.6 is 23.2 Å². The second kappa shape index (κ2) is 29.4. The van der Waals surface area contributed by atoms with Gasteiger partial charge in [-0.25, -0.2) is 62.1 Å². The van der Waals surface area contributed by atoms with E-state index in [9.17, 15) is 82.9 Å². The Bertz CT molecular complexity index is 4540. The Kier molecular flexibility index (Phi) is 28.3. The van der Waals surface area contributed by atoms with Crippen LogP contribution in [0.15, 0.2) is 138 Å². The number of hydrogen-bond acceptors (Lipinski definition) is 26. The van der Waals surface area contributed by atoms with Gasteiger partial charge in [0.15, 0.2) is 0 Å². The smallest absolute Gasteiger partial charge is 0.870 e. The van der Waals surface area contributed by atoms with Crippen molar-refractivity contribution in [2.75, 3.05) is 0 Å². The Balaban J connectivity index is 0.00000520. The van der Waals surface area contributed by atoms with E-state index < -0.39 is 168 Å². The van der Waals surface area contributed by atoms with Crippen molar-refractivity contribution >= 4 is 129 Å². The summed E-state index contributed by atoms with van der Waals surface area (Å²) in [4.78, 5) is 26.4. The van der Waals surface area contributed by atoms with Crippen LogP contribution in [0.3, 0.4) is 0 Å². The first-order chi connectivity index (χ1) is 33.6. The summed E-state index contributed by atoms with van der Waals surface area (Å²) in [5.41, 5.74) is -6.44. The molecule has 5 N–H and O–H groups in total. The van der Waals surface area contributed by atoms with Crippen LogP contribution in [0.2, 0.25) is 10.6 Å². The predicted octanol–water partition coefficient (Wildman–Crippen LogP) is -17.5.